The Balaban J connectivity index is 4.21. The van der Waals surface area contributed by atoms with Gasteiger partial charge in [-0.15, -0.1) is 0 Å². The van der Waals surface area contributed by atoms with E-state index in [1.165, 1.54) is 11.1 Å². The lowest BCUT2D eigenvalue weighted by Gasteiger charge is -2.02. The van der Waals surface area contributed by atoms with Crippen molar-refractivity contribution in [1.82, 2.24) is 0 Å². The Kier molecular flexibility index (Phi) is 5.00. The minimum absolute atomic E-state index is 1.15. The SMILES string of the molecule is C/C=C(C)\C(=C/CC)CC. The van der Waals surface area contributed by atoms with Gasteiger partial charge in [0.25, 0.3) is 0 Å². The van der Waals surface area contributed by atoms with Gasteiger partial charge in [-0.3, -0.25) is 0 Å². The van der Waals surface area contributed by atoms with E-state index in [-0.39, 0.29) is 0 Å². The summed E-state index contributed by atoms with van der Waals surface area (Å²) in [6.45, 7) is 8.65. The third-order valence-electron chi connectivity index (χ3n) is 1.77. The molecule has 0 saturated carbocycles. The minimum atomic E-state index is 1.15. The molecule has 0 aliphatic rings. The van der Waals surface area contributed by atoms with E-state index in [1.54, 1.807) is 0 Å². The maximum absolute atomic E-state index is 2.30. The summed E-state index contributed by atoms with van der Waals surface area (Å²) in [6.07, 6.45) is 6.78. The molecule has 0 heterocycles. The molecule has 0 aromatic carbocycles. The molecule has 0 heteroatoms. The van der Waals surface area contributed by atoms with E-state index >= 15 is 0 Å². The third kappa shape index (κ3) is 2.86. The third-order valence-corrected chi connectivity index (χ3v) is 1.77. The van der Waals surface area contributed by atoms with E-state index in [0.29, 0.717) is 0 Å². The van der Waals surface area contributed by atoms with Crippen LogP contribution < -0.4 is 0 Å². The highest BCUT2D eigenvalue weighted by atomic mass is 14.0. The molecule has 0 unspecified atom stereocenters. The molecule has 0 rings (SSSR count). The molecule has 0 bridgehead atoms. The quantitative estimate of drug-likeness (QED) is 0.522. The van der Waals surface area contributed by atoms with Crippen LogP contribution in [-0.2, 0) is 0 Å². The van der Waals surface area contributed by atoms with Gasteiger partial charge in [0.2, 0.25) is 0 Å². The summed E-state index contributed by atoms with van der Waals surface area (Å²) in [5.41, 5.74) is 2.91. The van der Waals surface area contributed by atoms with Crippen LogP contribution in [0.15, 0.2) is 23.3 Å². The van der Waals surface area contributed by atoms with E-state index in [4.69, 9.17) is 0 Å². The Morgan fingerprint density at radius 1 is 1.30 bits per heavy atom. The van der Waals surface area contributed by atoms with E-state index in [0.717, 1.165) is 12.8 Å². The van der Waals surface area contributed by atoms with Crippen molar-refractivity contribution in [1.29, 1.82) is 0 Å². The zero-order valence-corrected chi connectivity index (χ0v) is 7.57. The summed E-state index contributed by atoms with van der Waals surface area (Å²) in [6, 6.07) is 0. The van der Waals surface area contributed by atoms with Crippen LogP contribution in [0.5, 0.6) is 0 Å². The van der Waals surface area contributed by atoms with Crippen LogP contribution in [0.2, 0.25) is 0 Å². The van der Waals surface area contributed by atoms with Gasteiger partial charge in [0.15, 0.2) is 0 Å². The molecule has 0 aromatic heterocycles. The molecule has 10 heavy (non-hydrogen) atoms. The van der Waals surface area contributed by atoms with Crippen LogP contribution in [0.4, 0.5) is 0 Å². The smallest absolute Gasteiger partial charge is 0.0308 e. The van der Waals surface area contributed by atoms with Crippen molar-refractivity contribution in [3.05, 3.63) is 23.3 Å². The fourth-order valence-electron chi connectivity index (χ4n) is 1.02. The second kappa shape index (κ2) is 5.28. The molecule has 0 aliphatic heterocycles. The highest BCUT2D eigenvalue weighted by molar-refractivity contribution is 5.27. The van der Waals surface area contributed by atoms with Gasteiger partial charge in [0.1, 0.15) is 0 Å². The number of hydrogen-bond acceptors (Lipinski definition) is 0. The van der Waals surface area contributed by atoms with Crippen molar-refractivity contribution < 1.29 is 0 Å². The first kappa shape index (κ1) is 9.48. The molecule has 0 N–H and O–H groups in total. The van der Waals surface area contributed by atoms with E-state index in [1.807, 2.05) is 0 Å². The largest absolute Gasteiger partial charge is 0.0845 e. The minimum Gasteiger partial charge on any atom is -0.0845 e. The van der Waals surface area contributed by atoms with Crippen molar-refractivity contribution in [3.63, 3.8) is 0 Å². The second-order valence-electron chi connectivity index (χ2n) is 2.46. The Bertz CT molecular complexity index is 138. The first-order valence-electron chi connectivity index (χ1n) is 4.08. The standard InChI is InChI=1S/C10H18/c1-5-8-10(7-3)9(4)6-2/h6,8H,5,7H2,1-4H3/b9-6-,10-8-. The van der Waals surface area contributed by atoms with Crippen LogP contribution in [0.3, 0.4) is 0 Å². The average molecular weight is 138 g/mol. The number of rotatable bonds is 3. The fraction of sp³-hybridized carbons (Fsp3) is 0.600. The molecule has 0 aliphatic carbocycles. The molecule has 0 aromatic rings. The zero-order chi connectivity index (χ0) is 7.98. The summed E-state index contributed by atoms with van der Waals surface area (Å²) in [7, 11) is 0. The molecule has 0 spiro atoms. The topological polar surface area (TPSA) is 0 Å². The predicted octanol–water partition coefficient (Wildman–Crippen LogP) is 3.70. The molecule has 0 atom stereocenters. The first-order chi connectivity index (χ1) is 4.76. The maximum atomic E-state index is 2.30. The van der Waals surface area contributed by atoms with Crippen LogP contribution in [0.25, 0.3) is 0 Å². The Hall–Kier alpha value is -0.520. The molecule has 0 nitrogen and oxygen atoms in total. The average Bonchev–Trinajstić information content (AvgIpc) is 1.99. The van der Waals surface area contributed by atoms with Crippen molar-refractivity contribution in [2.24, 2.45) is 0 Å². The summed E-state index contributed by atoms with van der Waals surface area (Å²) >= 11 is 0. The zero-order valence-electron chi connectivity index (χ0n) is 7.57. The Morgan fingerprint density at radius 3 is 2.20 bits per heavy atom. The Morgan fingerprint density at radius 2 is 1.90 bits per heavy atom. The Labute approximate surface area is 64.6 Å². The van der Waals surface area contributed by atoms with E-state index < -0.39 is 0 Å². The van der Waals surface area contributed by atoms with Gasteiger partial charge in [-0.05, 0) is 32.3 Å². The van der Waals surface area contributed by atoms with Gasteiger partial charge in [-0.25, -0.2) is 0 Å². The molecular weight excluding hydrogens is 120 g/mol. The molecular formula is C10H18. The van der Waals surface area contributed by atoms with Gasteiger partial charge in [0.05, 0.1) is 0 Å². The summed E-state index contributed by atoms with van der Waals surface area (Å²) < 4.78 is 0. The maximum Gasteiger partial charge on any atom is -0.0308 e. The lowest BCUT2D eigenvalue weighted by Crippen LogP contribution is -1.82. The summed E-state index contributed by atoms with van der Waals surface area (Å²) in [5.74, 6) is 0. The normalized spacial score (nSPS) is 14.0. The summed E-state index contributed by atoms with van der Waals surface area (Å²) in [5, 5.41) is 0. The van der Waals surface area contributed by atoms with Gasteiger partial charge in [-0.2, -0.15) is 0 Å². The van der Waals surface area contributed by atoms with Crippen LogP contribution in [0.1, 0.15) is 40.5 Å². The molecule has 0 radical (unpaired) electrons. The van der Waals surface area contributed by atoms with Crippen LogP contribution >= 0.6 is 0 Å². The van der Waals surface area contributed by atoms with Gasteiger partial charge in [-0.1, -0.05) is 31.6 Å². The van der Waals surface area contributed by atoms with E-state index in [9.17, 15) is 0 Å². The molecule has 0 fully saturated rings. The number of hydrogen-bond donors (Lipinski definition) is 0. The van der Waals surface area contributed by atoms with Crippen LogP contribution in [-0.4, -0.2) is 0 Å². The van der Waals surface area contributed by atoms with Crippen molar-refractivity contribution >= 4 is 0 Å². The lowest BCUT2D eigenvalue weighted by molar-refractivity contribution is 1.06. The van der Waals surface area contributed by atoms with Crippen molar-refractivity contribution in [3.8, 4) is 0 Å². The van der Waals surface area contributed by atoms with Crippen molar-refractivity contribution in [2.45, 2.75) is 40.5 Å². The molecule has 58 valence electrons. The highest BCUT2D eigenvalue weighted by Crippen LogP contribution is 2.13. The second-order valence-corrected chi connectivity index (χ2v) is 2.46. The number of allylic oxidation sites excluding steroid dienone is 4. The first-order valence-corrected chi connectivity index (χ1v) is 4.08. The monoisotopic (exact) mass is 138 g/mol. The van der Waals surface area contributed by atoms with E-state index in [2.05, 4.69) is 39.8 Å². The molecule has 0 amide bonds. The van der Waals surface area contributed by atoms with Gasteiger partial charge < -0.3 is 0 Å². The molecule has 0 saturated heterocycles. The van der Waals surface area contributed by atoms with Gasteiger partial charge in [0, 0.05) is 0 Å². The van der Waals surface area contributed by atoms with Crippen molar-refractivity contribution in [2.75, 3.05) is 0 Å². The van der Waals surface area contributed by atoms with Crippen LogP contribution in [0, 0.1) is 0 Å². The summed E-state index contributed by atoms with van der Waals surface area (Å²) in [4.78, 5) is 0. The highest BCUT2D eigenvalue weighted by Gasteiger charge is 1.92. The lowest BCUT2D eigenvalue weighted by atomic mass is 10.0. The predicted molar refractivity (Wildman–Crippen MR) is 48.1 cm³/mol. The van der Waals surface area contributed by atoms with Gasteiger partial charge >= 0.3 is 0 Å². The fourth-order valence-corrected chi connectivity index (χ4v) is 1.02.